The van der Waals surface area contributed by atoms with Crippen LogP contribution in [-0.4, -0.2) is 30.4 Å². The lowest BCUT2D eigenvalue weighted by Crippen LogP contribution is -2.48. The van der Waals surface area contributed by atoms with E-state index in [0.717, 1.165) is 32.1 Å². The second-order valence-corrected chi connectivity index (χ2v) is 5.14. The Kier molecular flexibility index (Phi) is 6.12. The lowest BCUT2D eigenvalue weighted by molar-refractivity contribution is -0.131. The highest BCUT2D eigenvalue weighted by Gasteiger charge is 2.27. The van der Waals surface area contributed by atoms with Gasteiger partial charge in [0, 0.05) is 18.5 Å². The molecule has 2 amide bonds. The number of hydrogen-bond donors (Lipinski definition) is 3. The zero-order chi connectivity index (χ0) is 13.5. The number of hydrogen-bond acceptors (Lipinski definition) is 3. The summed E-state index contributed by atoms with van der Waals surface area (Å²) in [6.45, 7) is 4.35. The number of amides is 2. The molecule has 3 unspecified atom stereocenters. The fourth-order valence-electron chi connectivity index (χ4n) is 2.26. The normalized spacial score (nSPS) is 25.3. The van der Waals surface area contributed by atoms with Gasteiger partial charge in [0.15, 0.2) is 0 Å². The summed E-state index contributed by atoms with van der Waals surface area (Å²) >= 11 is 0. The summed E-state index contributed by atoms with van der Waals surface area (Å²) in [5.74, 6) is -0.190. The van der Waals surface area contributed by atoms with Gasteiger partial charge in [-0.1, -0.05) is 13.3 Å². The Bertz CT molecular complexity index is 294. The van der Waals surface area contributed by atoms with Gasteiger partial charge in [-0.3, -0.25) is 9.59 Å². The van der Waals surface area contributed by atoms with Crippen molar-refractivity contribution in [3.05, 3.63) is 0 Å². The van der Waals surface area contributed by atoms with E-state index in [4.69, 9.17) is 5.73 Å². The molecule has 1 aliphatic carbocycles. The first-order valence-corrected chi connectivity index (χ1v) is 6.88. The van der Waals surface area contributed by atoms with E-state index >= 15 is 0 Å². The van der Waals surface area contributed by atoms with Crippen LogP contribution in [0.3, 0.4) is 0 Å². The molecule has 0 aromatic rings. The van der Waals surface area contributed by atoms with Gasteiger partial charge < -0.3 is 16.4 Å². The molecule has 0 bridgehead atoms. The van der Waals surface area contributed by atoms with Crippen LogP contribution in [0.2, 0.25) is 0 Å². The van der Waals surface area contributed by atoms with Gasteiger partial charge in [-0.2, -0.15) is 0 Å². The second-order valence-electron chi connectivity index (χ2n) is 5.14. The van der Waals surface area contributed by atoms with Crippen molar-refractivity contribution >= 4 is 11.8 Å². The fraction of sp³-hybridized carbons (Fsp3) is 0.846. The standard InChI is InChI=1S/C13H25N3O2/c1-3-7-15-12(17)9(2)16-13(18)10-5-4-6-11(14)8-10/h9-11H,3-8,14H2,1-2H3,(H,15,17)(H,16,18). The van der Waals surface area contributed by atoms with E-state index in [1.807, 2.05) is 6.92 Å². The molecule has 0 spiro atoms. The van der Waals surface area contributed by atoms with Crippen molar-refractivity contribution in [1.29, 1.82) is 0 Å². The molecule has 1 saturated carbocycles. The van der Waals surface area contributed by atoms with E-state index in [1.54, 1.807) is 6.92 Å². The van der Waals surface area contributed by atoms with Crippen molar-refractivity contribution in [2.24, 2.45) is 11.7 Å². The van der Waals surface area contributed by atoms with Crippen LogP contribution in [0.25, 0.3) is 0 Å². The summed E-state index contributed by atoms with van der Waals surface area (Å²) in [6.07, 6.45) is 4.49. The van der Waals surface area contributed by atoms with Gasteiger partial charge in [0.1, 0.15) is 6.04 Å². The molecule has 0 aromatic heterocycles. The summed E-state index contributed by atoms with van der Waals surface area (Å²) in [7, 11) is 0. The van der Waals surface area contributed by atoms with Crippen molar-refractivity contribution in [3.8, 4) is 0 Å². The maximum absolute atomic E-state index is 12.0. The molecular weight excluding hydrogens is 230 g/mol. The van der Waals surface area contributed by atoms with Gasteiger partial charge in [0.2, 0.25) is 11.8 Å². The second kappa shape index (κ2) is 7.36. The summed E-state index contributed by atoms with van der Waals surface area (Å²) in [5, 5.41) is 5.54. The number of carbonyl (C=O) groups excluding carboxylic acids is 2. The average Bonchev–Trinajstić information content (AvgIpc) is 2.35. The third kappa shape index (κ3) is 4.64. The zero-order valence-corrected chi connectivity index (χ0v) is 11.4. The Hall–Kier alpha value is -1.10. The Morgan fingerprint density at radius 2 is 2.11 bits per heavy atom. The fourth-order valence-corrected chi connectivity index (χ4v) is 2.26. The predicted molar refractivity (Wildman–Crippen MR) is 70.8 cm³/mol. The smallest absolute Gasteiger partial charge is 0.242 e. The Morgan fingerprint density at radius 3 is 2.72 bits per heavy atom. The van der Waals surface area contributed by atoms with Crippen molar-refractivity contribution in [3.63, 3.8) is 0 Å². The molecule has 0 saturated heterocycles. The van der Waals surface area contributed by atoms with Crippen LogP contribution in [0.4, 0.5) is 0 Å². The summed E-state index contributed by atoms with van der Waals surface area (Å²) < 4.78 is 0. The topological polar surface area (TPSA) is 84.2 Å². The van der Waals surface area contributed by atoms with Crippen LogP contribution >= 0.6 is 0 Å². The van der Waals surface area contributed by atoms with E-state index in [-0.39, 0.29) is 23.8 Å². The summed E-state index contributed by atoms with van der Waals surface area (Å²) in [6, 6.07) is -0.346. The third-order valence-electron chi connectivity index (χ3n) is 3.39. The quantitative estimate of drug-likeness (QED) is 0.670. The van der Waals surface area contributed by atoms with E-state index < -0.39 is 6.04 Å². The molecule has 1 fully saturated rings. The monoisotopic (exact) mass is 255 g/mol. The molecule has 4 N–H and O–H groups in total. The highest BCUT2D eigenvalue weighted by atomic mass is 16.2. The molecule has 0 heterocycles. The number of carbonyl (C=O) groups is 2. The summed E-state index contributed by atoms with van der Waals surface area (Å²) in [5.41, 5.74) is 5.86. The van der Waals surface area contributed by atoms with Gasteiger partial charge in [0.25, 0.3) is 0 Å². The minimum atomic E-state index is -0.470. The molecule has 18 heavy (non-hydrogen) atoms. The Labute approximate surface area is 109 Å². The van der Waals surface area contributed by atoms with Crippen LogP contribution in [0.5, 0.6) is 0 Å². The van der Waals surface area contributed by atoms with Crippen LogP contribution in [0.15, 0.2) is 0 Å². The molecule has 0 aromatic carbocycles. The molecular formula is C13H25N3O2. The van der Waals surface area contributed by atoms with Gasteiger partial charge in [-0.15, -0.1) is 0 Å². The van der Waals surface area contributed by atoms with Crippen LogP contribution in [0.1, 0.15) is 46.0 Å². The molecule has 1 rings (SSSR count). The zero-order valence-electron chi connectivity index (χ0n) is 11.4. The first kappa shape index (κ1) is 15.0. The van der Waals surface area contributed by atoms with E-state index in [9.17, 15) is 9.59 Å². The number of nitrogens with one attached hydrogen (secondary N) is 2. The maximum atomic E-state index is 12.0. The van der Waals surface area contributed by atoms with Gasteiger partial charge in [-0.25, -0.2) is 0 Å². The van der Waals surface area contributed by atoms with Gasteiger partial charge in [0.05, 0.1) is 0 Å². The van der Waals surface area contributed by atoms with Gasteiger partial charge >= 0.3 is 0 Å². The Morgan fingerprint density at radius 1 is 1.39 bits per heavy atom. The van der Waals surface area contributed by atoms with E-state index in [0.29, 0.717) is 6.54 Å². The molecule has 0 aliphatic heterocycles. The minimum absolute atomic E-state index is 0.0322. The third-order valence-corrected chi connectivity index (χ3v) is 3.39. The number of nitrogens with two attached hydrogens (primary N) is 1. The van der Waals surface area contributed by atoms with E-state index in [2.05, 4.69) is 10.6 Å². The lowest BCUT2D eigenvalue weighted by atomic mass is 9.85. The highest BCUT2D eigenvalue weighted by molar-refractivity contribution is 5.88. The maximum Gasteiger partial charge on any atom is 0.242 e. The number of rotatable bonds is 5. The molecule has 5 nitrogen and oxygen atoms in total. The molecule has 1 aliphatic rings. The van der Waals surface area contributed by atoms with Gasteiger partial charge in [-0.05, 0) is 32.6 Å². The van der Waals surface area contributed by atoms with Crippen LogP contribution < -0.4 is 16.4 Å². The van der Waals surface area contributed by atoms with E-state index in [1.165, 1.54) is 0 Å². The minimum Gasteiger partial charge on any atom is -0.354 e. The molecule has 104 valence electrons. The molecule has 5 heteroatoms. The van der Waals surface area contributed by atoms with Crippen molar-refractivity contribution in [2.45, 2.75) is 58.0 Å². The van der Waals surface area contributed by atoms with Crippen molar-refractivity contribution in [2.75, 3.05) is 6.54 Å². The average molecular weight is 255 g/mol. The lowest BCUT2D eigenvalue weighted by Gasteiger charge is -2.26. The van der Waals surface area contributed by atoms with Crippen LogP contribution in [0, 0.1) is 5.92 Å². The highest BCUT2D eigenvalue weighted by Crippen LogP contribution is 2.23. The van der Waals surface area contributed by atoms with Crippen molar-refractivity contribution < 1.29 is 9.59 Å². The first-order valence-electron chi connectivity index (χ1n) is 6.88. The van der Waals surface area contributed by atoms with Crippen LogP contribution in [-0.2, 0) is 9.59 Å². The summed E-state index contributed by atoms with van der Waals surface area (Å²) in [4.78, 5) is 23.6. The first-order chi connectivity index (χ1) is 8.54. The predicted octanol–water partition coefficient (Wildman–Crippen LogP) is 0.535. The molecule has 0 radical (unpaired) electrons. The molecule has 3 atom stereocenters. The SMILES string of the molecule is CCCNC(=O)C(C)NC(=O)C1CCCC(N)C1. The van der Waals surface area contributed by atoms with Crippen molar-refractivity contribution in [1.82, 2.24) is 10.6 Å². The Balaban J connectivity index is 2.36. The largest absolute Gasteiger partial charge is 0.354 e.